The van der Waals surface area contributed by atoms with Gasteiger partial charge in [-0.25, -0.2) is 9.59 Å². The van der Waals surface area contributed by atoms with Crippen LogP contribution in [0.1, 0.15) is 32.0 Å². The molecule has 2 aromatic carbocycles. The van der Waals surface area contributed by atoms with E-state index in [2.05, 4.69) is 0 Å². The Kier molecular flexibility index (Phi) is 9.27. The molecule has 204 valence electrons. The first kappa shape index (κ1) is 28.8. The summed E-state index contributed by atoms with van der Waals surface area (Å²) in [5.41, 5.74) is 3.42. The largest absolute Gasteiger partial charge is 0.511 e. The molecule has 0 aliphatic carbocycles. The van der Waals surface area contributed by atoms with Crippen LogP contribution in [0.5, 0.6) is 11.5 Å². The van der Waals surface area contributed by atoms with Crippen molar-refractivity contribution in [2.24, 2.45) is 0 Å². The van der Waals surface area contributed by atoms with E-state index in [-0.39, 0.29) is 13.2 Å². The summed E-state index contributed by atoms with van der Waals surface area (Å²) in [6, 6.07) is 11.3. The monoisotopic (exact) mass is 544 g/mol. The number of fused-ring (bicyclic) bond motifs is 1. The van der Waals surface area contributed by atoms with Gasteiger partial charge in [0.15, 0.2) is 0 Å². The SMILES string of the molecule is COc1cc2nc(C)c(-c3ccccc3C)c(OCOC(=O)OCCN(C)C(=O)OC(C)(C)C)c2cc1Cl. The number of aryl methyl sites for hydroxylation is 2. The first-order chi connectivity index (χ1) is 17.9. The summed E-state index contributed by atoms with van der Waals surface area (Å²) in [5.74, 6) is 0.945. The highest BCUT2D eigenvalue weighted by atomic mass is 35.5. The summed E-state index contributed by atoms with van der Waals surface area (Å²) in [6.45, 7) is 8.84. The molecule has 0 aliphatic rings. The molecule has 0 fully saturated rings. The Balaban J connectivity index is 1.75. The average Bonchev–Trinajstić information content (AvgIpc) is 2.83. The predicted octanol–water partition coefficient (Wildman–Crippen LogP) is 6.54. The van der Waals surface area contributed by atoms with E-state index < -0.39 is 24.6 Å². The van der Waals surface area contributed by atoms with E-state index in [1.54, 1.807) is 40.0 Å². The fourth-order valence-electron chi connectivity index (χ4n) is 3.70. The lowest BCUT2D eigenvalue weighted by Crippen LogP contribution is -2.36. The second kappa shape index (κ2) is 12.2. The van der Waals surface area contributed by atoms with E-state index >= 15 is 0 Å². The number of rotatable bonds is 8. The molecule has 0 N–H and O–H groups in total. The zero-order chi connectivity index (χ0) is 28.0. The molecule has 0 unspecified atom stereocenters. The molecule has 3 rings (SSSR count). The van der Waals surface area contributed by atoms with E-state index in [9.17, 15) is 9.59 Å². The van der Waals surface area contributed by atoms with Gasteiger partial charge < -0.3 is 28.6 Å². The summed E-state index contributed by atoms with van der Waals surface area (Å²) in [4.78, 5) is 30.3. The number of hydrogen-bond acceptors (Lipinski definition) is 8. The average molecular weight is 545 g/mol. The van der Waals surface area contributed by atoms with Crippen molar-refractivity contribution in [3.8, 4) is 22.6 Å². The van der Waals surface area contributed by atoms with Crippen LogP contribution >= 0.6 is 11.6 Å². The molecule has 3 aromatic rings. The maximum Gasteiger partial charge on any atom is 0.511 e. The van der Waals surface area contributed by atoms with E-state index in [0.717, 1.165) is 22.4 Å². The normalized spacial score (nSPS) is 11.2. The third-order valence-electron chi connectivity index (χ3n) is 5.54. The lowest BCUT2D eigenvalue weighted by molar-refractivity contribution is -0.00199. The summed E-state index contributed by atoms with van der Waals surface area (Å²) >= 11 is 6.42. The van der Waals surface area contributed by atoms with Gasteiger partial charge in [0.2, 0.25) is 6.79 Å². The van der Waals surface area contributed by atoms with Gasteiger partial charge in [-0.3, -0.25) is 4.98 Å². The highest BCUT2D eigenvalue weighted by Gasteiger charge is 2.21. The Morgan fingerprint density at radius 3 is 2.45 bits per heavy atom. The Labute approximate surface area is 227 Å². The fourth-order valence-corrected chi connectivity index (χ4v) is 3.95. The van der Waals surface area contributed by atoms with Gasteiger partial charge in [0, 0.05) is 29.8 Å². The Morgan fingerprint density at radius 2 is 1.79 bits per heavy atom. The molecule has 0 saturated heterocycles. The number of pyridine rings is 1. The zero-order valence-electron chi connectivity index (χ0n) is 22.7. The van der Waals surface area contributed by atoms with Gasteiger partial charge in [0.1, 0.15) is 23.7 Å². The van der Waals surface area contributed by atoms with Crippen molar-refractivity contribution < 1.29 is 33.3 Å². The van der Waals surface area contributed by atoms with E-state index in [1.807, 2.05) is 38.1 Å². The van der Waals surface area contributed by atoms with Gasteiger partial charge in [-0.1, -0.05) is 35.9 Å². The molecule has 1 aromatic heterocycles. The van der Waals surface area contributed by atoms with Gasteiger partial charge in [0.25, 0.3) is 0 Å². The van der Waals surface area contributed by atoms with Crippen LogP contribution in [-0.2, 0) is 14.2 Å². The number of halogens is 1. The highest BCUT2D eigenvalue weighted by Crippen LogP contribution is 2.42. The first-order valence-electron chi connectivity index (χ1n) is 12.0. The number of amides is 1. The van der Waals surface area contributed by atoms with Gasteiger partial charge in [0.05, 0.1) is 24.2 Å². The lowest BCUT2D eigenvalue weighted by Gasteiger charge is -2.24. The third-order valence-corrected chi connectivity index (χ3v) is 5.83. The van der Waals surface area contributed by atoms with Crippen molar-refractivity contribution in [2.75, 3.05) is 34.1 Å². The van der Waals surface area contributed by atoms with Crippen molar-refractivity contribution in [1.29, 1.82) is 0 Å². The first-order valence-corrected chi connectivity index (χ1v) is 12.4. The van der Waals surface area contributed by atoms with Crippen molar-refractivity contribution >= 4 is 34.8 Å². The minimum Gasteiger partial charge on any atom is -0.495 e. The van der Waals surface area contributed by atoms with E-state index in [4.69, 9.17) is 40.3 Å². The highest BCUT2D eigenvalue weighted by molar-refractivity contribution is 6.33. The number of ether oxygens (including phenoxy) is 5. The number of nitrogens with zero attached hydrogens (tertiary/aromatic N) is 2. The molecule has 0 atom stereocenters. The summed E-state index contributed by atoms with van der Waals surface area (Å²) in [7, 11) is 3.08. The van der Waals surface area contributed by atoms with Crippen LogP contribution in [0.15, 0.2) is 36.4 Å². The van der Waals surface area contributed by atoms with Crippen LogP contribution in [-0.4, -0.2) is 61.8 Å². The van der Waals surface area contributed by atoms with Gasteiger partial charge in [-0.05, 0) is 51.8 Å². The van der Waals surface area contributed by atoms with Crippen LogP contribution < -0.4 is 9.47 Å². The standard InChI is InChI=1S/C28H33ClN2O7/c1-17-10-8-9-11-19(17)24-18(2)30-22-15-23(34-7)21(29)14-20(22)25(24)36-16-37-27(33)35-13-12-31(6)26(32)38-28(3,4)5/h8-11,14-15H,12-13,16H2,1-7H3. The van der Waals surface area contributed by atoms with Gasteiger partial charge >= 0.3 is 12.2 Å². The van der Waals surface area contributed by atoms with Crippen LogP contribution in [0.4, 0.5) is 9.59 Å². The Morgan fingerprint density at radius 1 is 1.08 bits per heavy atom. The number of methoxy groups -OCH3 is 1. The summed E-state index contributed by atoms with van der Waals surface area (Å²) < 4.78 is 26.9. The van der Waals surface area contributed by atoms with Crippen LogP contribution in [0.25, 0.3) is 22.0 Å². The molecule has 0 aliphatic heterocycles. The third kappa shape index (κ3) is 7.19. The molecule has 0 bridgehead atoms. The maximum absolute atomic E-state index is 12.2. The van der Waals surface area contributed by atoms with Crippen molar-refractivity contribution in [3.63, 3.8) is 0 Å². The molecule has 9 nitrogen and oxygen atoms in total. The lowest BCUT2D eigenvalue weighted by atomic mass is 9.96. The molecule has 10 heteroatoms. The van der Waals surface area contributed by atoms with E-state index in [0.29, 0.717) is 27.4 Å². The molecule has 1 amide bonds. The number of carbonyl (C=O) groups excluding carboxylic acids is 2. The molecule has 38 heavy (non-hydrogen) atoms. The van der Waals surface area contributed by atoms with Crippen LogP contribution in [0.2, 0.25) is 5.02 Å². The summed E-state index contributed by atoms with van der Waals surface area (Å²) in [5, 5.41) is 1.02. The van der Waals surface area contributed by atoms with Gasteiger partial charge in [-0.15, -0.1) is 0 Å². The quantitative estimate of drug-likeness (QED) is 0.233. The number of hydrogen-bond donors (Lipinski definition) is 0. The molecular formula is C28H33ClN2O7. The van der Waals surface area contributed by atoms with E-state index in [1.165, 1.54) is 12.0 Å². The van der Waals surface area contributed by atoms with Crippen molar-refractivity contribution in [2.45, 2.75) is 40.2 Å². The minimum atomic E-state index is -0.935. The van der Waals surface area contributed by atoms with Crippen molar-refractivity contribution in [1.82, 2.24) is 9.88 Å². The molecular weight excluding hydrogens is 512 g/mol. The predicted molar refractivity (Wildman–Crippen MR) is 145 cm³/mol. The van der Waals surface area contributed by atoms with Crippen molar-refractivity contribution in [3.05, 3.63) is 52.7 Å². The van der Waals surface area contributed by atoms with Gasteiger partial charge in [-0.2, -0.15) is 0 Å². The Bertz CT molecular complexity index is 1320. The maximum atomic E-state index is 12.2. The topological polar surface area (TPSA) is 96.4 Å². The molecule has 0 saturated carbocycles. The minimum absolute atomic E-state index is 0.0737. The number of carbonyl (C=O) groups is 2. The second-order valence-corrected chi connectivity index (χ2v) is 10.0. The summed E-state index contributed by atoms with van der Waals surface area (Å²) in [6.07, 6.45) is -1.45. The molecule has 0 radical (unpaired) electrons. The fraction of sp³-hybridized carbons (Fsp3) is 0.393. The zero-order valence-corrected chi connectivity index (χ0v) is 23.5. The number of aromatic nitrogens is 1. The van der Waals surface area contributed by atoms with Crippen LogP contribution in [0.3, 0.4) is 0 Å². The second-order valence-electron chi connectivity index (χ2n) is 9.63. The number of likely N-dealkylation sites (N-methyl/N-ethyl adjacent to an activating group) is 1. The molecule has 0 spiro atoms. The molecule has 1 heterocycles. The Hall–Kier alpha value is -3.72. The smallest absolute Gasteiger partial charge is 0.495 e. The number of benzene rings is 2. The van der Waals surface area contributed by atoms with Crippen LogP contribution in [0, 0.1) is 13.8 Å².